The zero-order valence-corrected chi connectivity index (χ0v) is 18.1. The van der Waals surface area contributed by atoms with Gasteiger partial charge in [-0.05, 0) is 72.2 Å². The average Bonchev–Trinajstić information content (AvgIpc) is 2.53. The maximum atomic E-state index is 12.1. The highest BCUT2D eigenvalue weighted by Crippen LogP contribution is 2.28. The molecule has 0 saturated carbocycles. The summed E-state index contributed by atoms with van der Waals surface area (Å²) >= 11 is 6.70. The van der Waals surface area contributed by atoms with Gasteiger partial charge in [0, 0.05) is 16.2 Å². The molecule has 2 N–H and O–H groups in total. The lowest BCUT2D eigenvalue weighted by atomic mass is 10.3. The molecule has 0 bridgehead atoms. The summed E-state index contributed by atoms with van der Waals surface area (Å²) in [7, 11) is -3.56. The first-order chi connectivity index (χ1) is 12.2. The van der Waals surface area contributed by atoms with Crippen molar-refractivity contribution in [2.24, 2.45) is 0 Å². The molecule has 0 heterocycles. The molecule has 0 aliphatic carbocycles. The van der Waals surface area contributed by atoms with Gasteiger partial charge in [-0.3, -0.25) is 4.79 Å². The van der Waals surface area contributed by atoms with Gasteiger partial charge in [0.1, 0.15) is 5.75 Å². The lowest BCUT2D eigenvalue weighted by Gasteiger charge is -2.11. The minimum Gasteiger partial charge on any atom is -0.483 e. The van der Waals surface area contributed by atoms with Gasteiger partial charge in [0.2, 0.25) is 10.0 Å². The van der Waals surface area contributed by atoms with E-state index in [1.807, 2.05) is 12.1 Å². The topological polar surface area (TPSA) is 84.5 Å². The fraction of sp³-hybridized carbons (Fsp3) is 0.235. The van der Waals surface area contributed by atoms with E-state index in [1.54, 1.807) is 19.9 Å². The average molecular weight is 506 g/mol. The lowest BCUT2D eigenvalue weighted by Crippen LogP contribution is -2.30. The molecule has 0 aromatic heterocycles. The van der Waals surface area contributed by atoms with Crippen LogP contribution in [0.2, 0.25) is 0 Å². The number of carbonyl (C=O) groups is 1. The van der Waals surface area contributed by atoms with Crippen molar-refractivity contribution in [2.45, 2.75) is 24.8 Å². The summed E-state index contributed by atoms with van der Waals surface area (Å²) < 4.78 is 33.7. The van der Waals surface area contributed by atoms with Crippen LogP contribution in [-0.4, -0.2) is 27.0 Å². The predicted molar refractivity (Wildman–Crippen MR) is 108 cm³/mol. The molecule has 0 radical (unpaired) electrons. The largest absolute Gasteiger partial charge is 0.483 e. The third-order valence-corrected chi connectivity index (χ3v) is 5.88. The fourth-order valence-electron chi connectivity index (χ4n) is 2.03. The van der Waals surface area contributed by atoms with E-state index in [-0.39, 0.29) is 23.5 Å². The highest BCUT2D eigenvalue weighted by atomic mass is 79.9. The van der Waals surface area contributed by atoms with Gasteiger partial charge in [0.05, 0.1) is 9.37 Å². The molecular weight excluding hydrogens is 488 g/mol. The van der Waals surface area contributed by atoms with Crippen LogP contribution in [0, 0.1) is 0 Å². The van der Waals surface area contributed by atoms with Crippen molar-refractivity contribution in [3.63, 3.8) is 0 Å². The maximum Gasteiger partial charge on any atom is 0.262 e. The molecule has 0 unspecified atom stereocenters. The number of nitrogens with one attached hydrogen (secondary N) is 2. The van der Waals surface area contributed by atoms with Crippen LogP contribution in [0.1, 0.15) is 13.8 Å². The first-order valence-corrected chi connectivity index (χ1v) is 10.7. The van der Waals surface area contributed by atoms with Crippen molar-refractivity contribution in [1.82, 2.24) is 4.72 Å². The van der Waals surface area contributed by atoms with Crippen molar-refractivity contribution in [3.8, 4) is 5.75 Å². The standard InChI is InChI=1S/C17H18Br2N2O4S/c1-11(2)21-26(23,24)14-6-4-13(5-7-14)20-17(22)10-25-16-8-3-12(18)9-15(16)19/h3-9,11,21H,10H2,1-2H3,(H,20,22). The van der Waals surface area contributed by atoms with Crippen LogP contribution in [0.5, 0.6) is 5.75 Å². The lowest BCUT2D eigenvalue weighted by molar-refractivity contribution is -0.118. The van der Waals surface area contributed by atoms with Crippen LogP contribution in [0.4, 0.5) is 5.69 Å². The SMILES string of the molecule is CC(C)NS(=O)(=O)c1ccc(NC(=O)COc2ccc(Br)cc2Br)cc1. The molecule has 9 heteroatoms. The smallest absolute Gasteiger partial charge is 0.262 e. The van der Waals surface area contributed by atoms with E-state index in [9.17, 15) is 13.2 Å². The van der Waals surface area contributed by atoms with Crippen LogP contribution < -0.4 is 14.8 Å². The Kier molecular flexibility index (Phi) is 7.22. The summed E-state index contributed by atoms with van der Waals surface area (Å²) in [5, 5.41) is 2.66. The molecule has 0 saturated heterocycles. The summed E-state index contributed by atoms with van der Waals surface area (Å²) in [5.74, 6) is 0.195. The second-order valence-electron chi connectivity index (χ2n) is 5.71. The van der Waals surface area contributed by atoms with Gasteiger partial charge in [0.15, 0.2) is 6.61 Å². The Morgan fingerprint density at radius 2 is 1.77 bits per heavy atom. The number of amides is 1. The van der Waals surface area contributed by atoms with Gasteiger partial charge in [-0.2, -0.15) is 0 Å². The summed E-state index contributed by atoms with van der Waals surface area (Å²) in [5.41, 5.74) is 0.483. The van der Waals surface area contributed by atoms with Gasteiger partial charge in [-0.15, -0.1) is 0 Å². The van der Waals surface area contributed by atoms with E-state index < -0.39 is 10.0 Å². The maximum absolute atomic E-state index is 12.1. The Balaban J connectivity index is 1.95. The molecular formula is C17H18Br2N2O4S. The molecule has 26 heavy (non-hydrogen) atoms. The minimum atomic E-state index is -3.56. The number of benzene rings is 2. The van der Waals surface area contributed by atoms with Gasteiger partial charge in [-0.25, -0.2) is 13.1 Å². The minimum absolute atomic E-state index is 0.138. The number of ether oxygens (including phenoxy) is 1. The van der Waals surface area contributed by atoms with Crippen molar-refractivity contribution in [3.05, 3.63) is 51.4 Å². The molecule has 2 aromatic carbocycles. The van der Waals surface area contributed by atoms with Gasteiger partial charge in [-0.1, -0.05) is 15.9 Å². The second-order valence-corrected chi connectivity index (χ2v) is 9.20. The first-order valence-electron chi connectivity index (χ1n) is 7.67. The molecule has 0 aliphatic rings. The molecule has 0 aliphatic heterocycles. The Morgan fingerprint density at radius 1 is 1.12 bits per heavy atom. The fourth-order valence-corrected chi connectivity index (χ4v) is 4.44. The van der Waals surface area contributed by atoms with E-state index >= 15 is 0 Å². The molecule has 2 aromatic rings. The highest BCUT2D eigenvalue weighted by Gasteiger charge is 2.15. The van der Waals surface area contributed by atoms with Crippen molar-refractivity contribution in [2.75, 3.05) is 11.9 Å². The summed E-state index contributed by atoms with van der Waals surface area (Å²) in [6, 6.07) is 11.1. The normalized spacial score (nSPS) is 11.4. The molecule has 0 spiro atoms. The van der Waals surface area contributed by atoms with Crippen LogP contribution >= 0.6 is 31.9 Å². The molecule has 0 atom stereocenters. The number of anilines is 1. The van der Waals surface area contributed by atoms with Crippen molar-refractivity contribution in [1.29, 1.82) is 0 Å². The van der Waals surface area contributed by atoms with Crippen LogP contribution in [0.3, 0.4) is 0 Å². The summed E-state index contributed by atoms with van der Waals surface area (Å²) in [6.45, 7) is 3.32. The number of hydrogen-bond acceptors (Lipinski definition) is 4. The number of carbonyl (C=O) groups excluding carboxylic acids is 1. The third-order valence-electron chi connectivity index (χ3n) is 3.09. The number of halogens is 2. The van der Waals surface area contributed by atoms with Crippen LogP contribution in [0.25, 0.3) is 0 Å². The van der Waals surface area contributed by atoms with Gasteiger partial charge < -0.3 is 10.1 Å². The van der Waals surface area contributed by atoms with E-state index in [1.165, 1.54) is 24.3 Å². The van der Waals surface area contributed by atoms with E-state index in [4.69, 9.17) is 4.74 Å². The molecule has 2 rings (SSSR count). The van der Waals surface area contributed by atoms with E-state index in [0.29, 0.717) is 11.4 Å². The summed E-state index contributed by atoms with van der Waals surface area (Å²) in [4.78, 5) is 12.1. The number of rotatable bonds is 7. The van der Waals surface area contributed by atoms with Gasteiger partial charge in [0.25, 0.3) is 5.91 Å². The Labute approximate surface area is 169 Å². The van der Waals surface area contributed by atoms with Crippen molar-refractivity contribution >= 4 is 53.5 Å². The third kappa shape index (κ3) is 6.08. The molecule has 140 valence electrons. The Hall–Kier alpha value is -1.42. The monoisotopic (exact) mass is 504 g/mol. The number of hydrogen-bond donors (Lipinski definition) is 2. The Morgan fingerprint density at radius 3 is 2.35 bits per heavy atom. The van der Waals surface area contributed by atoms with E-state index in [0.717, 1.165) is 8.95 Å². The Bertz CT molecular complexity index is 884. The molecule has 0 fully saturated rings. The van der Waals surface area contributed by atoms with Crippen LogP contribution in [0.15, 0.2) is 56.3 Å². The van der Waals surface area contributed by atoms with Gasteiger partial charge >= 0.3 is 0 Å². The zero-order valence-electron chi connectivity index (χ0n) is 14.1. The van der Waals surface area contributed by atoms with E-state index in [2.05, 4.69) is 41.9 Å². The number of sulfonamides is 1. The molecule has 1 amide bonds. The quantitative estimate of drug-likeness (QED) is 0.597. The zero-order chi connectivity index (χ0) is 19.3. The second kappa shape index (κ2) is 8.98. The predicted octanol–water partition coefficient (Wildman–Crippen LogP) is 3.92. The highest BCUT2D eigenvalue weighted by molar-refractivity contribution is 9.11. The summed E-state index contributed by atoms with van der Waals surface area (Å²) in [6.07, 6.45) is 0. The van der Waals surface area contributed by atoms with Crippen molar-refractivity contribution < 1.29 is 17.9 Å². The first kappa shape index (κ1) is 20.9. The van der Waals surface area contributed by atoms with Crippen LogP contribution in [-0.2, 0) is 14.8 Å². The molecule has 6 nitrogen and oxygen atoms in total.